The lowest BCUT2D eigenvalue weighted by Gasteiger charge is -2.45. The van der Waals surface area contributed by atoms with Crippen molar-refractivity contribution >= 4 is 39.7 Å². The maximum atomic E-state index is 11.8. The molecule has 2 N–H and O–H groups in total. The molecule has 1 aromatic carbocycles. The number of hydrogen-bond donors (Lipinski definition) is 2. The number of carboxylic acid groups (broad SMARTS) is 1. The summed E-state index contributed by atoms with van der Waals surface area (Å²) in [5.41, 5.74) is 0.991. The molecule has 1 amide bonds. The fraction of sp³-hybridized carbons (Fsp3) is 0.500. The Morgan fingerprint density at radius 2 is 2.18 bits per heavy atom. The summed E-state index contributed by atoms with van der Waals surface area (Å²) in [5, 5.41) is 9.68. The molecule has 22 heavy (non-hydrogen) atoms. The van der Waals surface area contributed by atoms with Gasteiger partial charge in [-0.3, -0.25) is 4.90 Å². The number of benzene rings is 1. The molecule has 0 bridgehead atoms. The Balaban J connectivity index is 2.23. The van der Waals surface area contributed by atoms with Crippen molar-refractivity contribution in [2.24, 2.45) is 5.41 Å². The van der Waals surface area contributed by atoms with Crippen LogP contribution < -0.4 is 0 Å². The maximum Gasteiger partial charge on any atom is 0.408 e. The zero-order valence-corrected chi connectivity index (χ0v) is 15.1. The van der Waals surface area contributed by atoms with E-state index in [1.807, 2.05) is 18.2 Å². The fourth-order valence-electron chi connectivity index (χ4n) is 3.64. The number of nitrogens with zero attached hydrogens (tertiary/aromatic N) is 2. The topological polar surface area (TPSA) is 69.2 Å². The monoisotopic (exact) mass is 413 g/mol. The van der Waals surface area contributed by atoms with Crippen molar-refractivity contribution < 1.29 is 9.90 Å². The number of carbonyl (C=O) groups is 1. The van der Waals surface area contributed by atoms with E-state index in [-0.39, 0.29) is 5.41 Å². The normalized spacial score (nSPS) is 22.5. The molecule has 1 atom stereocenters. The molecule has 1 fully saturated rings. The first kappa shape index (κ1) is 15.6. The molecule has 1 aromatic heterocycles. The average Bonchev–Trinajstić information content (AvgIpc) is 3.00. The van der Waals surface area contributed by atoms with Gasteiger partial charge in [-0.25, -0.2) is 9.78 Å². The summed E-state index contributed by atoms with van der Waals surface area (Å²) in [7, 11) is 0. The average molecular weight is 413 g/mol. The molecule has 6 heteroatoms. The summed E-state index contributed by atoms with van der Waals surface area (Å²) in [5.74, 6) is 0.761. The van der Waals surface area contributed by atoms with Gasteiger partial charge in [-0.2, -0.15) is 0 Å². The molecule has 3 rings (SSSR count). The summed E-state index contributed by atoms with van der Waals surface area (Å²) in [6.45, 7) is 6.82. The second-order valence-corrected chi connectivity index (χ2v) is 8.14. The number of fused-ring (bicyclic) bond motifs is 1. The van der Waals surface area contributed by atoms with E-state index in [0.29, 0.717) is 6.54 Å². The largest absolute Gasteiger partial charge is 0.465 e. The standard InChI is InChI=1S/C16H20IN3O2/c1-15(2,3)16(7-4-8-20(16)14(21)22)13-18-11-6-5-10(17)9-12(11)19-13/h5-6,9H,4,7-8H2,1-3H3,(H,18,19)(H,21,22)/t16-/m1/s1. The molecular formula is C16H20IN3O2. The third-order valence-electron chi connectivity index (χ3n) is 4.69. The lowest BCUT2D eigenvalue weighted by molar-refractivity contribution is 0.0219. The number of rotatable bonds is 1. The van der Waals surface area contributed by atoms with Crippen LogP contribution in [0.15, 0.2) is 18.2 Å². The number of amides is 1. The van der Waals surface area contributed by atoms with Crippen LogP contribution in [0.5, 0.6) is 0 Å². The summed E-state index contributed by atoms with van der Waals surface area (Å²) < 4.78 is 1.13. The molecule has 0 unspecified atom stereocenters. The van der Waals surface area contributed by atoms with Gasteiger partial charge in [-0.15, -0.1) is 0 Å². The van der Waals surface area contributed by atoms with Crippen LogP contribution in [0.2, 0.25) is 0 Å². The minimum Gasteiger partial charge on any atom is -0.465 e. The molecule has 1 aliphatic rings. The van der Waals surface area contributed by atoms with Crippen molar-refractivity contribution in [1.29, 1.82) is 0 Å². The van der Waals surface area contributed by atoms with Gasteiger partial charge in [0.2, 0.25) is 0 Å². The van der Waals surface area contributed by atoms with Crippen LogP contribution in [0.25, 0.3) is 11.0 Å². The lowest BCUT2D eigenvalue weighted by Crippen LogP contribution is -2.53. The number of imidazole rings is 1. The second-order valence-electron chi connectivity index (χ2n) is 6.89. The Morgan fingerprint density at radius 1 is 1.45 bits per heavy atom. The SMILES string of the molecule is CC(C)(C)[C@]1(c2nc3ccc(I)cc3[nH]2)CCCN1C(=O)O. The smallest absolute Gasteiger partial charge is 0.408 e. The Labute approximate surface area is 143 Å². The number of likely N-dealkylation sites (tertiary alicyclic amines) is 1. The predicted octanol–water partition coefficient (Wildman–Crippen LogP) is 4.18. The summed E-state index contributed by atoms with van der Waals surface area (Å²) in [4.78, 5) is 21.5. The van der Waals surface area contributed by atoms with E-state index in [4.69, 9.17) is 4.98 Å². The molecule has 0 radical (unpaired) electrons. The van der Waals surface area contributed by atoms with Crippen LogP contribution in [-0.4, -0.2) is 32.6 Å². The van der Waals surface area contributed by atoms with Crippen LogP contribution in [0.3, 0.4) is 0 Å². The van der Waals surface area contributed by atoms with Gasteiger partial charge in [0, 0.05) is 10.1 Å². The van der Waals surface area contributed by atoms with Crippen LogP contribution in [0.1, 0.15) is 39.4 Å². The molecule has 2 aromatic rings. The molecule has 0 aliphatic carbocycles. The first-order valence-corrected chi connectivity index (χ1v) is 8.50. The van der Waals surface area contributed by atoms with Gasteiger partial charge in [0.1, 0.15) is 11.4 Å². The maximum absolute atomic E-state index is 11.8. The van der Waals surface area contributed by atoms with Crippen molar-refractivity contribution in [3.8, 4) is 0 Å². The van der Waals surface area contributed by atoms with Crippen LogP contribution in [0, 0.1) is 8.99 Å². The van der Waals surface area contributed by atoms with Crippen molar-refractivity contribution in [3.63, 3.8) is 0 Å². The number of hydrogen-bond acceptors (Lipinski definition) is 2. The highest BCUT2D eigenvalue weighted by Gasteiger charge is 2.55. The van der Waals surface area contributed by atoms with E-state index in [1.165, 1.54) is 0 Å². The van der Waals surface area contributed by atoms with Gasteiger partial charge in [-0.05, 0) is 59.0 Å². The van der Waals surface area contributed by atoms with Gasteiger partial charge in [0.05, 0.1) is 11.0 Å². The van der Waals surface area contributed by atoms with E-state index in [2.05, 4.69) is 48.3 Å². The Kier molecular flexibility index (Phi) is 3.62. The zero-order chi connectivity index (χ0) is 16.1. The molecule has 5 nitrogen and oxygen atoms in total. The van der Waals surface area contributed by atoms with E-state index in [0.717, 1.165) is 33.3 Å². The minimum absolute atomic E-state index is 0.247. The quantitative estimate of drug-likeness (QED) is 0.690. The second kappa shape index (κ2) is 5.11. The van der Waals surface area contributed by atoms with Crippen molar-refractivity contribution in [3.05, 3.63) is 27.6 Å². The molecular weight excluding hydrogens is 393 g/mol. The van der Waals surface area contributed by atoms with Crippen molar-refractivity contribution in [1.82, 2.24) is 14.9 Å². The summed E-state index contributed by atoms with van der Waals surface area (Å²) >= 11 is 2.27. The molecule has 0 saturated carbocycles. The van der Waals surface area contributed by atoms with Gasteiger partial charge in [-0.1, -0.05) is 20.8 Å². The first-order chi connectivity index (χ1) is 10.3. The highest BCUT2D eigenvalue weighted by molar-refractivity contribution is 14.1. The number of nitrogens with one attached hydrogen (secondary N) is 1. The van der Waals surface area contributed by atoms with E-state index in [9.17, 15) is 9.90 Å². The van der Waals surface area contributed by atoms with Gasteiger partial charge in [0.15, 0.2) is 0 Å². The van der Waals surface area contributed by atoms with E-state index < -0.39 is 11.6 Å². The molecule has 0 spiro atoms. The Morgan fingerprint density at radius 3 is 2.82 bits per heavy atom. The number of halogens is 1. The van der Waals surface area contributed by atoms with Crippen molar-refractivity contribution in [2.75, 3.05) is 6.54 Å². The summed E-state index contributed by atoms with van der Waals surface area (Å²) in [6.07, 6.45) is 0.778. The molecule has 1 saturated heterocycles. The van der Waals surface area contributed by atoms with Gasteiger partial charge < -0.3 is 10.1 Å². The Hall–Kier alpha value is -1.31. The summed E-state index contributed by atoms with van der Waals surface area (Å²) in [6, 6.07) is 6.04. The predicted molar refractivity (Wildman–Crippen MR) is 93.9 cm³/mol. The van der Waals surface area contributed by atoms with Crippen LogP contribution in [-0.2, 0) is 5.54 Å². The third-order valence-corrected chi connectivity index (χ3v) is 5.36. The molecule has 1 aliphatic heterocycles. The number of H-pyrrole nitrogens is 1. The van der Waals surface area contributed by atoms with E-state index >= 15 is 0 Å². The van der Waals surface area contributed by atoms with Gasteiger partial charge >= 0.3 is 6.09 Å². The van der Waals surface area contributed by atoms with Crippen LogP contribution >= 0.6 is 22.6 Å². The lowest BCUT2D eigenvalue weighted by atomic mass is 9.71. The highest BCUT2D eigenvalue weighted by Crippen LogP contribution is 2.50. The van der Waals surface area contributed by atoms with Crippen molar-refractivity contribution in [2.45, 2.75) is 39.2 Å². The highest BCUT2D eigenvalue weighted by atomic mass is 127. The first-order valence-electron chi connectivity index (χ1n) is 7.42. The Bertz CT molecular complexity index is 735. The van der Waals surface area contributed by atoms with E-state index in [1.54, 1.807) is 4.90 Å². The fourth-order valence-corrected chi connectivity index (χ4v) is 4.13. The third kappa shape index (κ3) is 2.19. The minimum atomic E-state index is -0.873. The van der Waals surface area contributed by atoms with Crippen LogP contribution in [0.4, 0.5) is 4.79 Å². The number of aromatic amines is 1. The number of aromatic nitrogens is 2. The zero-order valence-electron chi connectivity index (χ0n) is 13.0. The van der Waals surface area contributed by atoms with Gasteiger partial charge in [0.25, 0.3) is 0 Å². The molecule has 118 valence electrons. The molecule has 2 heterocycles.